The molecule has 0 bridgehead atoms. The molecule has 0 aliphatic rings. The van der Waals surface area contributed by atoms with Crippen LogP contribution in [0.3, 0.4) is 0 Å². The van der Waals surface area contributed by atoms with Gasteiger partial charge in [-0.05, 0) is 61.4 Å². The minimum Gasteiger partial charge on any atom is -0.484 e. The Kier molecular flexibility index (Phi) is 4.81. The van der Waals surface area contributed by atoms with Crippen molar-refractivity contribution in [1.29, 1.82) is 0 Å². The molecule has 0 aliphatic carbocycles. The van der Waals surface area contributed by atoms with Gasteiger partial charge in [-0.25, -0.2) is 4.98 Å². The average molecular weight is 371 g/mol. The molecule has 2 aromatic carbocycles. The van der Waals surface area contributed by atoms with Crippen LogP contribution in [0.4, 0.5) is 5.69 Å². The van der Waals surface area contributed by atoms with Crippen LogP contribution < -0.4 is 10.1 Å². The van der Waals surface area contributed by atoms with E-state index < -0.39 is 0 Å². The lowest BCUT2D eigenvalue weighted by molar-refractivity contribution is -0.118. The number of anilines is 1. The second kappa shape index (κ2) is 7.56. The number of pyridine rings is 1. The molecule has 1 N–H and O–H groups in total. The lowest BCUT2D eigenvalue weighted by Gasteiger charge is -2.08. The largest absolute Gasteiger partial charge is 0.484 e. The van der Waals surface area contributed by atoms with Crippen molar-refractivity contribution >= 4 is 17.2 Å². The highest BCUT2D eigenvalue weighted by atomic mass is 16.5. The fourth-order valence-electron chi connectivity index (χ4n) is 3.00. The van der Waals surface area contributed by atoms with Gasteiger partial charge in [0, 0.05) is 23.6 Å². The highest BCUT2D eigenvalue weighted by molar-refractivity contribution is 5.92. The Hall–Kier alpha value is -3.60. The highest BCUT2D eigenvalue weighted by Gasteiger charge is 2.07. The van der Waals surface area contributed by atoms with Crippen LogP contribution in [-0.4, -0.2) is 21.9 Å². The van der Waals surface area contributed by atoms with Crippen LogP contribution in [0, 0.1) is 13.8 Å². The normalized spacial score (nSPS) is 10.8. The molecule has 0 saturated heterocycles. The number of carbonyl (C=O) groups is 1. The van der Waals surface area contributed by atoms with E-state index in [1.54, 1.807) is 0 Å². The highest BCUT2D eigenvalue weighted by Crippen LogP contribution is 2.22. The van der Waals surface area contributed by atoms with E-state index in [-0.39, 0.29) is 12.5 Å². The van der Waals surface area contributed by atoms with Crippen LogP contribution in [0.1, 0.15) is 11.1 Å². The summed E-state index contributed by atoms with van der Waals surface area (Å²) < 4.78 is 7.53. The monoisotopic (exact) mass is 371 g/mol. The second-order valence-electron chi connectivity index (χ2n) is 6.83. The molecule has 0 fully saturated rings. The molecule has 0 saturated carbocycles. The Bertz CT molecular complexity index is 1130. The fraction of sp³-hybridized carbons (Fsp3) is 0.130. The van der Waals surface area contributed by atoms with Crippen molar-refractivity contribution in [1.82, 2.24) is 9.38 Å². The fourth-order valence-corrected chi connectivity index (χ4v) is 3.00. The van der Waals surface area contributed by atoms with Crippen LogP contribution in [0.25, 0.3) is 16.9 Å². The molecular formula is C23H21N3O2. The SMILES string of the molecule is Cc1cccc(OCC(=O)Nc2ccc(-c3cn4ccc(C)cc4n3)cc2)c1. The number of aromatic nitrogens is 2. The van der Waals surface area contributed by atoms with Gasteiger partial charge in [0.15, 0.2) is 6.61 Å². The predicted molar refractivity (Wildman–Crippen MR) is 111 cm³/mol. The molecule has 0 radical (unpaired) electrons. The molecule has 0 unspecified atom stereocenters. The van der Waals surface area contributed by atoms with Gasteiger partial charge in [0.2, 0.25) is 0 Å². The lowest BCUT2D eigenvalue weighted by atomic mass is 10.1. The van der Waals surface area contributed by atoms with E-state index in [0.717, 1.165) is 28.2 Å². The van der Waals surface area contributed by atoms with Gasteiger partial charge in [-0.1, -0.05) is 24.3 Å². The van der Waals surface area contributed by atoms with Crippen molar-refractivity contribution in [2.75, 3.05) is 11.9 Å². The van der Waals surface area contributed by atoms with Gasteiger partial charge in [0.05, 0.1) is 5.69 Å². The summed E-state index contributed by atoms with van der Waals surface area (Å²) in [5.74, 6) is 0.491. The first-order valence-corrected chi connectivity index (χ1v) is 9.12. The van der Waals surface area contributed by atoms with Crippen LogP contribution >= 0.6 is 0 Å². The average Bonchev–Trinajstić information content (AvgIpc) is 3.10. The van der Waals surface area contributed by atoms with Crippen molar-refractivity contribution < 1.29 is 9.53 Å². The first-order chi connectivity index (χ1) is 13.6. The van der Waals surface area contributed by atoms with Crippen molar-refractivity contribution in [2.24, 2.45) is 0 Å². The molecule has 1 amide bonds. The maximum absolute atomic E-state index is 12.1. The van der Waals surface area contributed by atoms with Crippen molar-refractivity contribution in [2.45, 2.75) is 13.8 Å². The van der Waals surface area contributed by atoms with E-state index in [1.165, 1.54) is 5.56 Å². The summed E-state index contributed by atoms with van der Waals surface area (Å²) >= 11 is 0. The van der Waals surface area contributed by atoms with E-state index >= 15 is 0 Å². The zero-order chi connectivity index (χ0) is 19.5. The van der Waals surface area contributed by atoms with Gasteiger partial charge in [-0.3, -0.25) is 4.79 Å². The molecular weight excluding hydrogens is 350 g/mol. The summed E-state index contributed by atoms with van der Waals surface area (Å²) in [5.41, 5.74) is 5.80. The molecule has 5 nitrogen and oxygen atoms in total. The third kappa shape index (κ3) is 4.04. The second-order valence-corrected chi connectivity index (χ2v) is 6.83. The predicted octanol–water partition coefficient (Wildman–Crippen LogP) is 4.64. The van der Waals surface area contributed by atoms with Gasteiger partial charge >= 0.3 is 0 Å². The number of nitrogens with one attached hydrogen (secondary N) is 1. The molecule has 2 aromatic heterocycles. The number of hydrogen-bond donors (Lipinski definition) is 1. The number of hydrogen-bond acceptors (Lipinski definition) is 3. The molecule has 28 heavy (non-hydrogen) atoms. The van der Waals surface area contributed by atoms with Crippen LogP contribution in [0.2, 0.25) is 0 Å². The number of carbonyl (C=O) groups excluding carboxylic acids is 1. The van der Waals surface area contributed by atoms with E-state index in [2.05, 4.69) is 23.3 Å². The third-order valence-corrected chi connectivity index (χ3v) is 4.44. The Morgan fingerprint density at radius 2 is 1.82 bits per heavy atom. The quantitative estimate of drug-likeness (QED) is 0.556. The van der Waals surface area contributed by atoms with Crippen molar-refractivity contribution in [3.05, 3.63) is 84.2 Å². The Morgan fingerprint density at radius 3 is 2.61 bits per heavy atom. The minimum atomic E-state index is -0.197. The Labute approximate surface area is 163 Å². The summed E-state index contributed by atoms with van der Waals surface area (Å²) in [5, 5.41) is 2.85. The van der Waals surface area contributed by atoms with Crippen molar-refractivity contribution in [3.8, 4) is 17.0 Å². The molecule has 140 valence electrons. The first-order valence-electron chi connectivity index (χ1n) is 9.12. The van der Waals surface area contributed by atoms with E-state index in [9.17, 15) is 4.79 Å². The molecule has 4 aromatic rings. The molecule has 0 aliphatic heterocycles. The zero-order valence-electron chi connectivity index (χ0n) is 15.8. The number of aryl methyl sites for hydroxylation is 2. The maximum Gasteiger partial charge on any atom is 0.262 e. The number of amides is 1. The third-order valence-electron chi connectivity index (χ3n) is 4.44. The zero-order valence-corrected chi connectivity index (χ0v) is 15.8. The van der Waals surface area contributed by atoms with E-state index in [4.69, 9.17) is 4.74 Å². The van der Waals surface area contributed by atoms with Gasteiger partial charge < -0.3 is 14.5 Å². The maximum atomic E-state index is 12.1. The van der Waals surface area contributed by atoms with E-state index in [1.807, 2.05) is 78.3 Å². The summed E-state index contributed by atoms with van der Waals surface area (Å²) in [6.45, 7) is 4.00. The van der Waals surface area contributed by atoms with Gasteiger partial charge in [0.25, 0.3) is 5.91 Å². The van der Waals surface area contributed by atoms with Gasteiger partial charge in [-0.15, -0.1) is 0 Å². The van der Waals surface area contributed by atoms with Crippen molar-refractivity contribution in [3.63, 3.8) is 0 Å². The molecule has 4 rings (SSSR count). The standard InChI is InChI=1S/C23H21N3O2/c1-16-4-3-5-20(12-16)28-15-23(27)24-19-8-6-18(7-9-19)21-14-26-11-10-17(2)13-22(26)25-21/h3-14H,15H2,1-2H3,(H,24,27). The Morgan fingerprint density at radius 1 is 1.04 bits per heavy atom. The topological polar surface area (TPSA) is 55.6 Å². The smallest absolute Gasteiger partial charge is 0.262 e. The minimum absolute atomic E-state index is 0.0308. The van der Waals surface area contributed by atoms with E-state index in [0.29, 0.717) is 5.75 Å². The van der Waals surface area contributed by atoms with Gasteiger partial charge in [-0.2, -0.15) is 0 Å². The number of benzene rings is 2. The first kappa shape index (κ1) is 17.8. The number of nitrogens with zero attached hydrogens (tertiary/aromatic N) is 2. The van der Waals surface area contributed by atoms with Crippen LogP contribution in [-0.2, 0) is 4.79 Å². The molecule has 0 spiro atoms. The number of rotatable bonds is 5. The lowest BCUT2D eigenvalue weighted by Crippen LogP contribution is -2.20. The molecule has 0 atom stereocenters. The molecule has 5 heteroatoms. The summed E-state index contributed by atoms with van der Waals surface area (Å²) in [4.78, 5) is 16.8. The summed E-state index contributed by atoms with van der Waals surface area (Å²) in [6.07, 6.45) is 4.00. The Balaban J connectivity index is 1.40. The van der Waals surface area contributed by atoms with Crippen LogP contribution in [0.15, 0.2) is 73.1 Å². The number of imidazole rings is 1. The number of ether oxygens (including phenoxy) is 1. The van der Waals surface area contributed by atoms with Crippen LogP contribution in [0.5, 0.6) is 5.75 Å². The number of fused-ring (bicyclic) bond motifs is 1. The summed E-state index contributed by atoms with van der Waals surface area (Å²) in [6, 6.07) is 19.4. The van der Waals surface area contributed by atoms with Gasteiger partial charge in [0.1, 0.15) is 11.4 Å². The molecule has 2 heterocycles. The summed E-state index contributed by atoms with van der Waals surface area (Å²) in [7, 11) is 0.